The van der Waals surface area contributed by atoms with Crippen LogP contribution in [0.1, 0.15) is 82.4 Å². The lowest BCUT2D eigenvalue weighted by Gasteiger charge is -2.55. The molecule has 6 atom stereocenters. The van der Waals surface area contributed by atoms with Gasteiger partial charge in [0.05, 0.1) is 11.0 Å². The van der Waals surface area contributed by atoms with Gasteiger partial charge in [-0.1, -0.05) is 43.0 Å². The summed E-state index contributed by atoms with van der Waals surface area (Å²) in [5.41, 5.74) is 4.87. The minimum atomic E-state index is -1.46. The summed E-state index contributed by atoms with van der Waals surface area (Å²) >= 11 is 0. The Morgan fingerprint density at radius 2 is 1.62 bits per heavy atom. The monoisotopic (exact) mass is 535 g/mol. The third-order valence-electron chi connectivity index (χ3n) is 9.48. The number of aliphatic carboxylic acids is 1. The van der Waals surface area contributed by atoms with Crippen LogP contribution in [-0.2, 0) is 14.4 Å². The summed E-state index contributed by atoms with van der Waals surface area (Å²) in [5.74, 6) is -0.533. The van der Waals surface area contributed by atoms with Crippen molar-refractivity contribution < 1.29 is 19.5 Å². The fourth-order valence-electron chi connectivity index (χ4n) is 8.15. The lowest BCUT2D eigenvalue weighted by Crippen LogP contribution is -2.58. The third kappa shape index (κ3) is 5.06. The van der Waals surface area contributed by atoms with Crippen molar-refractivity contribution in [2.75, 3.05) is 6.61 Å². The molecule has 2 saturated heterocycles. The van der Waals surface area contributed by atoms with E-state index >= 15 is 0 Å². The molecule has 0 spiro atoms. The maximum atomic E-state index is 14.0. The Kier molecular flexibility index (Phi) is 7.14. The van der Waals surface area contributed by atoms with Crippen LogP contribution >= 0.6 is 0 Å². The number of carbonyl (C=O) groups excluding carboxylic acids is 1. The van der Waals surface area contributed by atoms with Crippen molar-refractivity contribution in [1.29, 1.82) is 0 Å². The molecule has 1 aromatic heterocycles. The average Bonchev–Trinajstić information content (AvgIpc) is 2.90. The van der Waals surface area contributed by atoms with Gasteiger partial charge in [-0.3, -0.25) is 14.5 Å². The highest BCUT2D eigenvalue weighted by Gasteiger charge is 2.45. The van der Waals surface area contributed by atoms with Crippen LogP contribution in [0.4, 0.5) is 0 Å². The van der Waals surface area contributed by atoms with Gasteiger partial charge in [-0.05, 0) is 68.9 Å². The topological polar surface area (TPSA) is 140 Å². The van der Waals surface area contributed by atoms with E-state index in [2.05, 4.69) is 15.0 Å². The zero-order chi connectivity index (χ0) is 27.1. The van der Waals surface area contributed by atoms with Crippen molar-refractivity contribution in [3.05, 3.63) is 40.3 Å². The number of hydrogen-bond donors (Lipinski definition) is 2. The molecule has 3 heterocycles. The van der Waals surface area contributed by atoms with Crippen LogP contribution < -0.4 is 11.3 Å². The molecule has 4 fully saturated rings. The van der Waals surface area contributed by atoms with Gasteiger partial charge in [0.25, 0.3) is 11.5 Å². The minimum Gasteiger partial charge on any atom is -0.476 e. The van der Waals surface area contributed by atoms with E-state index in [0.29, 0.717) is 29.2 Å². The maximum absolute atomic E-state index is 14.0. The highest BCUT2D eigenvalue weighted by molar-refractivity contribution is 6.41. The van der Waals surface area contributed by atoms with Crippen molar-refractivity contribution in [1.82, 2.24) is 14.5 Å². The number of carboxylic acid groups (broad SMARTS) is 1. The maximum Gasteiger partial charge on any atom is 0.360 e. The van der Waals surface area contributed by atoms with Crippen molar-refractivity contribution in [3.8, 4) is 0 Å². The summed E-state index contributed by atoms with van der Waals surface area (Å²) in [5, 5.41) is 13.4. The number of piperidine rings is 2. The number of primary amides is 1. The Morgan fingerprint density at radius 1 is 0.949 bits per heavy atom. The fourth-order valence-corrected chi connectivity index (χ4v) is 8.15. The van der Waals surface area contributed by atoms with Gasteiger partial charge in [-0.15, -0.1) is 0 Å². The molecular weight excluding hydrogens is 498 g/mol. The lowest BCUT2D eigenvalue weighted by molar-refractivity contribution is -0.130. The van der Waals surface area contributed by atoms with E-state index < -0.39 is 29.8 Å². The normalized spacial score (nSPS) is 31.1. The summed E-state index contributed by atoms with van der Waals surface area (Å²) in [7, 11) is 0. The second-order valence-corrected chi connectivity index (χ2v) is 11.9. The van der Waals surface area contributed by atoms with Gasteiger partial charge < -0.3 is 20.2 Å². The molecule has 4 aliphatic rings. The van der Waals surface area contributed by atoms with E-state index in [0.717, 1.165) is 37.5 Å². The zero-order valence-corrected chi connectivity index (χ0v) is 22.2. The molecule has 0 radical (unpaired) electrons. The number of nitrogens with zero attached hydrogens (tertiary/aromatic N) is 4. The van der Waals surface area contributed by atoms with E-state index in [9.17, 15) is 19.5 Å². The second kappa shape index (κ2) is 10.7. The quantitative estimate of drug-likeness (QED) is 0.410. The SMILES string of the molecule is NC(=O)CON=C(C(=O)O)c1nc2ccccc2n(C2C[C@H]3CCC[C@@H](C2)N3C2C[C@H]3CCC[C@@H](C2)C3)c1=O. The van der Waals surface area contributed by atoms with E-state index in [1.54, 1.807) is 10.6 Å². The molecular formula is C29H37N5O5. The van der Waals surface area contributed by atoms with Crippen molar-refractivity contribution >= 4 is 28.6 Å². The number of nitrogens with two attached hydrogens (primary N) is 1. The molecule has 6 rings (SSSR count). The molecule has 10 nitrogen and oxygen atoms in total. The van der Waals surface area contributed by atoms with E-state index in [-0.39, 0.29) is 11.7 Å². The molecule has 3 N–H and O–H groups in total. The molecule has 2 aromatic rings. The van der Waals surface area contributed by atoms with Gasteiger partial charge in [0.2, 0.25) is 5.71 Å². The summed E-state index contributed by atoms with van der Waals surface area (Å²) in [4.78, 5) is 49.2. The Balaban J connectivity index is 1.35. The summed E-state index contributed by atoms with van der Waals surface area (Å²) in [6, 6.07) is 8.74. The first-order chi connectivity index (χ1) is 18.9. The number of fused-ring (bicyclic) bond motifs is 5. The van der Waals surface area contributed by atoms with Crippen LogP contribution in [0.5, 0.6) is 0 Å². The van der Waals surface area contributed by atoms with Crippen molar-refractivity contribution in [2.24, 2.45) is 22.7 Å². The van der Waals surface area contributed by atoms with Gasteiger partial charge in [0.15, 0.2) is 12.3 Å². The molecule has 2 saturated carbocycles. The summed E-state index contributed by atoms with van der Waals surface area (Å²) in [6.45, 7) is -0.594. The Hall–Kier alpha value is -3.27. The number of carbonyl (C=O) groups is 2. The number of aromatic nitrogens is 2. The number of oxime groups is 1. The molecule has 4 bridgehead atoms. The Morgan fingerprint density at radius 3 is 2.28 bits per heavy atom. The van der Waals surface area contributed by atoms with Crippen LogP contribution in [0.25, 0.3) is 11.0 Å². The smallest absolute Gasteiger partial charge is 0.360 e. The van der Waals surface area contributed by atoms with Gasteiger partial charge in [-0.2, -0.15) is 0 Å². The zero-order valence-electron chi connectivity index (χ0n) is 22.2. The fraction of sp³-hybridized carbons (Fsp3) is 0.621. The lowest BCUT2D eigenvalue weighted by atomic mass is 9.68. The standard InChI is InChI=1S/C29H37N5O5/c30-25(35)16-39-32-27(29(37)38)26-28(36)34(24-10-2-1-9-23(24)31-26)22-14-19-7-4-8-20(15-22)33(19)21-12-17-5-3-6-18(11-17)13-21/h1-2,9-10,17-22H,3-8,11-16H2,(H2,30,35)(H,37,38)/t17-,18+,19-,20+,21?,22?. The number of carboxylic acids is 1. The molecule has 1 amide bonds. The molecule has 10 heteroatoms. The largest absolute Gasteiger partial charge is 0.476 e. The first-order valence-corrected chi connectivity index (χ1v) is 14.4. The third-order valence-corrected chi connectivity index (χ3v) is 9.48. The Bertz CT molecular complexity index is 1330. The number of para-hydroxylation sites is 2. The molecule has 1 aromatic carbocycles. The van der Waals surface area contributed by atoms with Crippen LogP contribution in [0.15, 0.2) is 34.2 Å². The van der Waals surface area contributed by atoms with E-state index in [1.165, 1.54) is 44.9 Å². The first-order valence-electron chi connectivity index (χ1n) is 14.4. The number of rotatable bonds is 7. The van der Waals surface area contributed by atoms with Gasteiger partial charge >= 0.3 is 5.97 Å². The predicted molar refractivity (Wildman–Crippen MR) is 145 cm³/mol. The van der Waals surface area contributed by atoms with Crippen LogP contribution in [-0.4, -0.2) is 61.9 Å². The number of amides is 1. The molecule has 2 unspecified atom stereocenters. The van der Waals surface area contributed by atoms with Crippen molar-refractivity contribution in [3.63, 3.8) is 0 Å². The first kappa shape index (κ1) is 26.0. The Labute approximate surface area is 227 Å². The minimum absolute atomic E-state index is 0.0691. The molecule has 2 aliphatic heterocycles. The van der Waals surface area contributed by atoms with Crippen LogP contribution in [0, 0.1) is 11.8 Å². The summed E-state index contributed by atoms with van der Waals surface area (Å²) < 4.78 is 1.75. The summed E-state index contributed by atoms with van der Waals surface area (Å²) in [6.07, 6.45) is 13.3. The second-order valence-electron chi connectivity index (χ2n) is 11.9. The van der Waals surface area contributed by atoms with Crippen LogP contribution in [0.2, 0.25) is 0 Å². The molecule has 208 valence electrons. The van der Waals surface area contributed by atoms with Crippen molar-refractivity contribution in [2.45, 2.75) is 94.8 Å². The van der Waals surface area contributed by atoms with E-state index in [4.69, 9.17) is 10.6 Å². The van der Waals surface area contributed by atoms with Gasteiger partial charge in [0, 0.05) is 24.2 Å². The van der Waals surface area contributed by atoms with Gasteiger partial charge in [0.1, 0.15) is 0 Å². The predicted octanol–water partition coefficient (Wildman–Crippen LogP) is 3.21. The molecule has 2 aliphatic carbocycles. The van der Waals surface area contributed by atoms with Crippen LogP contribution in [0.3, 0.4) is 0 Å². The average molecular weight is 536 g/mol. The number of hydrogen-bond acceptors (Lipinski definition) is 7. The molecule has 39 heavy (non-hydrogen) atoms. The van der Waals surface area contributed by atoms with Gasteiger partial charge in [-0.25, -0.2) is 9.78 Å². The van der Waals surface area contributed by atoms with E-state index in [1.807, 2.05) is 18.2 Å². The highest BCUT2D eigenvalue weighted by Crippen LogP contribution is 2.47. The number of benzene rings is 1. The highest BCUT2D eigenvalue weighted by atomic mass is 16.6.